The molecule has 0 spiro atoms. The Morgan fingerprint density at radius 2 is 1.78 bits per heavy atom. The fourth-order valence-corrected chi connectivity index (χ4v) is 2.05. The molecule has 18 heavy (non-hydrogen) atoms. The minimum atomic E-state index is -0.199. The van der Waals surface area contributed by atoms with E-state index in [1.807, 2.05) is 41.9 Å². The van der Waals surface area contributed by atoms with E-state index in [-0.39, 0.29) is 5.56 Å². The lowest BCUT2D eigenvalue weighted by Crippen LogP contribution is -2.14. The highest BCUT2D eigenvalue weighted by atomic mass is 16.1. The summed E-state index contributed by atoms with van der Waals surface area (Å²) >= 11 is 0. The average Bonchev–Trinajstić information content (AvgIpc) is 2.44. The molecule has 0 saturated carbocycles. The minimum absolute atomic E-state index is 0.199. The van der Waals surface area contributed by atoms with Crippen molar-refractivity contribution in [2.75, 3.05) is 0 Å². The molecular formula is C14H11N3O. The van der Waals surface area contributed by atoms with Crippen LogP contribution >= 0.6 is 0 Å². The first-order valence-electron chi connectivity index (χ1n) is 5.63. The molecule has 0 atom stereocenters. The maximum Gasteiger partial charge on any atom is 0.281 e. The van der Waals surface area contributed by atoms with Gasteiger partial charge in [-0.25, -0.2) is 0 Å². The lowest BCUT2D eigenvalue weighted by atomic mass is 10.2. The Balaban J connectivity index is 2.39. The third-order valence-electron chi connectivity index (χ3n) is 2.96. The number of aromatic nitrogens is 3. The summed E-state index contributed by atoms with van der Waals surface area (Å²) in [5.74, 6) is 0.654. The molecule has 0 radical (unpaired) electrons. The Morgan fingerprint density at radius 1 is 1.06 bits per heavy atom. The minimum Gasteiger partial charge on any atom is -0.328 e. The highest BCUT2D eigenvalue weighted by Gasteiger charge is 2.08. The van der Waals surface area contributed by atoms with Crippen molar-refractivity contribution < 1.29 is 0 Å². The fourth-order valence-electron chi connectivity index (χ4n) is 2.05. The molecule has 88 valence electrons. The van der Waals surface area contributed by atoms with Crippen LogP contribution < -0.4 is 5.56 Å². The first-order chi connectivity index (χ1) is 8.77. The highest BCUT2D eigenvalue weighted by molar-refractivity contribution is 5.80. The number of benzene rings is 1. The lowest BCUT2D eigenvalue weighted by molar-refractivity contribution is 0.914. The second-order valence-electron chi connectivity index (χ2n) is 4.05. The van der Waals surface area contributed by atoms with Gasteiger partial charge in [0.15, 0.2) is 0 Å². The van der Waals surface area contributed by atoms with Gasteiger partial charge in [-0.2, -0.15) is 4.98 Å². The van der Waals surface area contributed by atoms with Crippen molar-refractivity contribution >= 4 is 10.9 Å². The van der Waals surface area contributed by atoms with E-state index in [1.54, 1.807) is 18.5 Å². The lowest BCUT2D eigenvalue weighted by Gasteiger charge is -2.10. The van der Waals surface area contributed by atoms with Crippen LogP contribution in [0, 0.1) is 0 Å². The predicted molar refractivity (Wildman–Crippen MR) is 70.2 cm³/mol. The van der Waals surface area contributed by atoms with Crippen LogP contribution in [-0.2, 0) is 7.05 Å². The zero-order valence-electron chi connectivity index (χ0n) is 9.87. The van der Waals surface area contributed by atoms with Crippen LogP contribution in [0.2, 0.25) is 0 Å². The van der Waals surface area contributed by atoms with Crippen LogP contribution in [0.5, 0.6) is 0 Å². The van der Waals surface area contributed by atoms with Gasteiger partial charge in [-0.1, -0.05) is 12.1 Å². The third-order valence-corrected chi connectivity index (χ3v) is 2.96. The molecule has 4 nitrogen and oxygen atoms in total. The van der Waals surface area contributed by atoms with E-state index in [1.165, 1.54) is 0 Å². The molecule has 1 aromatic carbocycles. The van der Waals surface area contributed by atoms with E-state index >= 15 is 0 Å². The van der Waals surface area contributed by atoms with E-state index in [0.29, 0.717) is 11.2 Å². The molecule has 0 aliphatic heterocycles. The molecule has 0 aliphatic rings. The number of aryl methyl sites for hydroxylation is 1. The number of fused-ring (bicyclic) bond motifs is 1. The first-order valence-corrected chi connectivity index (χ1v) is 5.63. The largest absolute Gasteiger partial charge is 0.328 e. The molecule has 0 fully saturated rings. The second-order valence-corrected chi connectivity index (χ2v) is 4.05. The van der Waals surface area contributed by atoms with E-state index in [9.17, 15) is 4.79 Å². The van der Waals surface area contributed by atoms with E-state index in [4.69, 9.17) is 0 Å². The van der Waals surface area contributed by atoms with Gasteiger partial charge in [0.25, 0.3) is 5.56 Å². The second kappa shape index (κ2) is 4.07. The number of rotatable bonds is 1. The molecule has 0 bridgehead atoms. The Bertz CT molecular complexity index is 763. The summed E-state index contributed by atoms with van der Waals surface area (Å²) < 4.78 is 1.92. The third kappa shape index (κ3) is 1.59. The van der Waals surface area contributed by atoms with Crippen molar-refractivity contribution in [3.05, 3.63) is 59.1 Å². The molecule has 0 saturated heterocycles. The van der Waals surface area contributed by atoms with Gasteiger partial charge in [-0.05, 0) is 24.3 Å². The monoisotopic (exact) mass is 237 g/mol. The number of hydrogen-bond donors (Lipinski definition) is 0. The molecule has 0 aliphatic carbocycles. The number of pyridine rings is 1. The van der Waals surface area contributed by atoms with Crippen molar-refractivity contribution in [3.8, 4) is 11.4 Å². The summed E-state index contributed by atoms with van der Waals surface area (Å²) in [5.41, 5.74) is 1.56. The smallest absolute Gasteiger partial charge is 0.281 e. The van der Waals surface area contributed by atoms with Crippen LogP contribution in [-0.4, -0.2) is 14.5 Å². The quantitative estimate of drug-likeness (QED) is 0.650. The van der Waals surface area contributed by atoms with Gasteiger partial charge in [0.05, 0.1) is 10.9 Å². The molecule has 0 unspecified atom stereocenters. The van der Waals surface area contributed by atoms with Crippen LogP contribution in [0.3, 0.4) is 0 Å². The maximum absolute atomic E-state index is 12.0. The number of nitrogens with zero attached hydrogens (tertiary/aromatic N) is 3. The summed E-state index contributed by atoms with van der Waals surface area (Å²) in [6.07, 6.45) is 3.38. The predicted octanol–water partition coefficient (Wildman–Crippen LogP) is 2.00. The summed E-state index contributed by atoms with van der Waals surface area (Å²) in [6.45, 7) is 0. The van der Waals surface area contributed by atoms with Crippen LogP contribution in [0.4, 0.5) is 0 Å². The van der Waals surface area contributed by atoms with Gasteiger partial charge >= 0.3 is 0 Å². The Labute approximate surface area is 104 Å². The van der Waals surface area contributed by atoms with E-state index in [0.717, 1.165) is 11.1 Å². The Kier molecular flexibility index (Phi) is 2.41. The molecule has 2 aromatic heterocycles. The van der Waals surface area contributed by atoms with Crippen molar-refractivity contribution in [1.29, 1.82) is 0 Å². The number of para-hydroxylation sites is 1. The number of hydrogen-bond acceptors (Lipinski definition) is 3. The SMILES string of the molecule is Cn1c(-c2ccncc2)nc(=O)c2ccccc21. The summed E-state index contributed by atoms with van der Waals surface area (Å²) in [7, 11) is 1.91. The molecule has 0 amide bonds. The summed E-state index contributed by atoms with van der Waals surface area (Å²) in [5, 5.41) is 0.637. The average molecular weight is 237 g/mol. The summed E-state index contributed by atoms with van der Waals surface area (Å²) in [6, 6.07) is 11.2. The van der Waals surface area contributed by atoms with Gasteiger partial charge in [0.2, 0.25) is 0 Å². The standard InChI is InChI=1S/C14H11N3O/c1-17-12-5-3-2-4-11(12)14(18)16-13(17)10-6-8-15-9-7-10/h2-9H,1H3. The van der Waals surface area contributed by atoms with Gasteiger partial charge < -0.3 is 4.57 Å². The molecular weight excluding hydrogens is 226 g/mol. The molecule has 4 heteroatoms. The Morgan fingerprint density at radius 3 is 2.56 bits per heavy atom. The molecule has 3 aromatic rings. The Hall–Kier alpha value is -2.49. The molecule has 3 rings (SSSR count). The summed E-state index contributed by atoms with van der Waals surface area (Å²) in [4.78, 5) is 20.1. The van der Waals surface area contributed by atoms with Gasteiger partial charge in [-0.3, -0.25) is 9.78 Å². The van der Waals surface area contributed by atoms with Crippen molar-refractivity contribution in [2.45, 2.75) is 0 Å². The van der Waals surface area contributed by atoms with Crippen LogP contribution in [0.15, 0.2) is 53.6 Å². The topological polar surface area (TPSA) is 47.8 Å². The van der Waals surface area contributed by atoms with E-state index < -0.39 is 0 Å². The zero-order valence-corrected chi connectivity index (χ0v) is 9.87. The first kappa shape index (κ1) is 10.7. The van der Waals surface area contributed by atoms with Crippen LogP contribution in [0.1, 0.15) is 0 Å². The maximum atomic E-state index is 12.0. The van der Waals surface area contributed by atoms with Crippen LogP contribution in [0.25, 0.3) is 22.3 Å². The highest BCUT2D eigenvalue weighted by Crippen LogP contribution is 2.18. The zero-order chi connectivity index (χ0) is 12.5. The van der Waals surface area contributed by atoms with E-state index in [2.05, 4.69) is 9.97 Å². The molecule has 2 heterocycles. The van der Waals surface area contributed by atoms with Gasteiger partial charge in [0, 0.05) is 25.0 Å². The van der Waals surface area contributed by atoms with Crippen molar-refractivity contribution in [2.24, 2.45) is 7.05 Å². The van der Waals surface area contributed by atoms with Gasteiger partial charge in [0.1, 0.15) is 5.82 Å². The van der Waals surface area contributed by atoms with Gasteiger partial charge in [-0.15, -0.1) is 0 Å². The fraction of sp³-hybridized carbons (Fsp3) is 0.0714. The van der Waals surface area contributed by atoms with Crippen molar-refractivity contribution in [1.82, 2.24) is 14.5 Å². The van der Waals surface area contributed by atoms with Crippen molar-refractivity contribution in [3.63, 3.8) is 0 Å². The normalized spacial score (nSPS) is 10.7. The molecule has 0 N–H and O–H groups in total.